The Morgan fingerprint density at radius 2 is 2.12 bits per heavy atom. The van der Waals surface area contributed by atoms with Gasteiger partial charge in [-0.3, -0.25) is 14.2 Å². The van der Waals surface area contributed by atoms with Gasteiger partial charge in [0, 0.05) is 9.85 Å². The quantitative estimate of drug-likeness (QED) is 0.621. The van der Waals surface area contributed by atoms with E-state index >= 15 is 0 Å². The fourth-order valence-electron chi connectivity index (χ4n) is 2.35. The van der Waals surface area contributed by atoms with Crippen LogP contribution in [0.2, 0.25) is 0 Å². The van der Waals surface area contributed by atoms with Crippen LogP contribution >= 0.6 is 27.3 Å². The van der Waals surface area contributed by atoms with Crippen molar-refractivity contribution in [2.24, 2.45) is 0 Å². The van der Waals surface area contributed by atoms with E-state index < -0.39 is 11.5 Å². The zero-order valence-corrected chi connectivity index (χ0v) is 16.1. The second-order valence-corrected chi connectivity index (χ2v) is 6.97. The van der Waals surface area contributed by atoms with Crippen LogP contribution in [0.25, 0.3) is 10.2 Å². The average molecular weight is 436 g/mol. The largest absolute Gasteiger partial charge is 0.462 e. The third kappa shape index (κ3) is 3.68. The molecule has 7 nitrogen and oxygen atoms in total. The zero-order valence-electron chi connectivity index (χ0n) is 13.7. The molecule has 0 saturated heterocycles. The molecule has 0 radical (unpaired) electrons. The number of carbonyl (C=O) groups is 2. The monoisotopic (exact) mass is 435 g/mol. The van der Waals surface area contributed by atoms with Crippen molar-refractivity contribution in [3.63, 3.8) is 0 Å². The summed E-state index contributed by atoms with van der Waals surface area (Å²) in [5.74, 6) is -0.957. The fourth-order valence-corrected chi connectivity index (χ4v) is 3.60. The van der Waals surface area contributed by atoms with Crippen molar-refractivity contribution in [3.8, 4) is 0 Å². The number of halogens is 1. The summed E-state index contributed by atoms with van der Waals surface area (Å²) in [4.78, 5) is 41.6. The highest BCUT2D eigenvalue weighted by Gasteiger charge is 2.19. The highest BCUT2D eigenvalue weighted by Crippen LogP contribution is 2.22. The first-order chi connectivity index (χ1) is 12.5. The molecular formula is C17H14BrN3O4S. The molecule has 0 aliphatic carbocycles. The number of aromatic nitrogens is 2. The number of benzene rings is 1. The van der Waals surface area contributed by atoms with Crippen molar-refractivity contribution in [2.75, 3.05) is 11.9 Å². The molecule has 9 heteroatoms. The Bertz CT molecular complexity index is 1040. The number of esters is 1. The Kier molecular flexibility index (Phi) is 5.48. The molecule has 1 N–H and O–H groups in total. The van der Waals surface area contributed by atoms with Gasteiger partial charge in [-0.2, -0.15) is 0 Å². The van der Waals surface area contributed by atoms with E-state index in [1.54, 1.807) is 30.5 Å². The van der Waals surface area contributed by atoms with Crippen LogP contribution in [0.1, 0.15) is 17.3 Å². The number of hydrogen-bond donors (Lipinski definition) is 1. The number of carbonyl (C=O) groups excluding carboxylic acids is 2. The summed E-state index contributed by atoms with van der Waals surface area (Å²) in [6.07, 6.45) is 1.30. The lowest BCUT2D eigenvalue weighted by Gasteiger charge is -2.09. The van der Waals surface area contributed by atoms with E-state index in [9.17, 15) is 14.4 Å². The maximum Gasteiger partial charge on any atom is 0.339 e. The molecule has 1 amide bonds. The van der Waals surface area contributed by atoms with Gasteiger partial charge < -0.3 is 10.1 Å². The summed E-state index contributed by atoms with van der Waals surface area (Å²) in [7, 11) is 0. The van der Waals surface area contributed by atoms with Crippen LogP contribution in [0, 0.1) is 0 Å². The van der Waals surface area contributed by atoms with Crippen LogP contribution < -0.4 is 10.9 Å². The molecule has 0 aliphatic heterocycles. The van der Waals surface area contributed by atoms with Gasteiger partial charge in [-0.1, -0.05) is 12.1 Å². The molecule has 3 aromatic rings. The number of rotatable bonds is 5. The highest BCUT2D eigenvalue weighted by atomic mass is 79.9. The van der Waals surface area contributed by atoms with E-state index in [2.05, 4.69) is 26.2 Å². The van der Waals surface area contributed by atoms with Crippen molar-refractivity contribution in [1.29, 1.82) is 0 Å². The van der Waals surface area contributed by atoms with Crippen LogP contribution in [-0.4, -0.2) is 28.0 Å². The van der Waals surface area contributed by atoms with E-state index in [0.717, 1.165) is 4.47 Å². The molecular weight excluding hydrogens is 422 g/mol. The Hall–Kier alpha value is -2.52. The first-order valence-electron chi connectivity index (χ1n) is 7.69. The van der Waals surface area contributed by atoms with Gasteiger partial charge in [0.25, 0.3) is 5.56 Å². The minimum Gasteiger partial charge on any atom is -0.462 e. The molecule has 26 heavy (non-hydrogen) atoms. The fraction of sp³-hybridized carbons (Fsp3) is 0.176. The number of anilines is 1. The van der Waals surface area contributed by atoms with Crippen molar-refractivity contribution in [2.45, 2.75) is 13.5 Å². The summed E-state index contributed by atoms with van der Waals surface area (Å²) in [6, 6.07) is 7.16. The van der Waals surface area contributed by atoms with Gasteiger partial charge in [-0.15, -0.1) is 11.3 Å². The standard InChI is InChI=1S/C17H14BrN3O4S/c1-2-25-17(24)10-8-26-15-14(10)16(23)21(9-19-15)7-13(22)20-12-6-4-3-5-11(12)18/h3-6,8-9H,2,7H2,1H3,(H,20,22). The number of nitrogens with zero attached hydrogens (tertiary/aromatic N) is 2. The SMILES string of the molecule is CCOC(=O)c1csc2ncn(CC(=O)Nc3ccccc3Br)c(=O)c12. The van der Waals surface area contributed by atoms with Crippen LogP contribution in [-0.2, 0) is 16.1 Å². The van der Waals surface area contributed by atoms with Crippen LogP contribution in [0.3, 0.4) is 0 Å². The first-order valence-corrected chi connectivity index (χ1v) is 9.36. The molecule has 0 unspecified atom stereocenters. The van der Waals surface area contributed by atoms with Crippen molar-refractivity contribution in [1.82, 2.24) is 9.55 Å². The summed E-state index contributed by atoms with van der Waals surface area (Å²) in [5, 5.41) is 4.44. The maximum absolute atomic E-state index is 12.7. The summed E-state index contributed by atoms with van der Waals surface area (Å²) in [6.45, 7) is 1.68. The smallest absolute Gasteiger partial charge is 0.339 e. The number of amides is 1. The molecule has 2 heterocycles. The minimum atomic E-state index is -0.576. The molecule has 0 bridgehead atoms. The lowest BCUT2D eigenvalue weighted by atomic mass is 10.2. The maximum atomic E-state index is 12.7. The number of nitrogens with one attached hydrogen (secondary N) is 1. The van der Waals surface area contributed by atoms with Crippen molar-refractivity contribution < 1.29 is 14.3 Å². The van der Waals surface area contributed by atoms with Crippen molar-refractivity contribution in [3.05, 3.63) is 56.4 Å². The lowest BCUT2D eigenvalue weighted by Crippen LogP contribution is -2.28. The van der Waals surface area contributed by atoms with Gasteiger partial charge in [0.1, 0.15) is 11.4 Å². The van der Waals surface area contributed by atoms with Gasteiger partial charge in [0.05, 0.1) is 29.6 Å². The van der Waals surface area contributed by atoms with Crippen LogP contribution in [0.4, 0.5) is 5.69 Å². The topological polar surface area (TPSA) is 90.3 Å². The summed E-state index contributed by atoms with van der Waals surface area (Å²) in [5.41, 5.74) is 0.314. The van der Waals surface area contributed by atoms with Gasteiger partial charge in [0.2, 0.25) is 5.91 Å². The molecule has 0 fully saturated rings. The lowest BCUT2D eigenvalue weighted by molar-refractivity contribution is -0.116. The molecule has 0 saturated carbocycles. The molecule has 2 aromatic heterocycles. The number of thiophene rings is 1. The van der Waals surface area contributed by atoms with E-state index in [-0.39, 0.29) is 30.0 Å². The molecule has 3 rings (SSSR count). The highest BCUT2D eigenvalue weighted by molar-refractivity contribution is 9.10. The van der Waals surface area contributed by atoms with E-state index in [1.165, 1.54) is 22.2 Å². The van der Waals surface area contributed by atoms with E-state index in [1.807, 2.05) is 6.07 Å². The Balaban J connectivity index is 1.89. The van der Waals surface area contributed by atoms with Gasteiger partial charge >= 0.3 is 5.97 Å². The van der Waals surface area contributed by atoms with Crippen molar-refractivity contribution >= 4 is 55.0 Å². The molecule has 1 aromatic carbocycles. The van der Waals surface area contributed by atoms with Gasteiger partial charge in [-0.25, -0.2) is 9.78 Å². The van der Waals surface area contributed by atoms with E-state index in [0.29, 0.717) is 10.5 Å². The second kappa shape index (κ2) is 7.79. The number of fused-ring (bicyclic) bond motifs is 1. The molecule has 0 spiro atoms. The number of ether oxygens (including phenoxy) is 1. The molecule has 0 atom stereocenters. The minimum absolute atomic E-state index is 0.171. The van der Waals surface area contributed by atoms with Gasteiger partial charge in [0.15, 0.2) is 0 Å². The van der Waals surface area contributed by atoms with Crippen LogP contribution in [0.15, 0.2) is 45.2 Å². The molecule has 134 valence electrons. The third-order valence-corrected chi connectivity index (χ3v) is 5.10. The predicted molar refractivity (Wildman–Crippen MR) is 103 cm³/mol. The summed E-state index contributed by atoms with van der Waals surface area (Å²) < 4.78 is 6.87. The average Bonchev–Trinajstić information content (AvgIpc) is 3.05. The zero-order chi connectivity index (χ0) is 18.7. The normalized spacial score (nSPS) is 10.7. The first kappa shape index (κ1) is 18.3. The predicted octanol–water partition coefficient (Wildman–Crippen LogP) is 3.04. The van der Waals surface area contributed by atoms with Gasteiger partial charge in [-0.05, 0) is 35.0 Å². The Morgan fingerprint density at radius 3 is 2.85 bits per heavy atom. The number of hydrogen-bond acceptors (Lipinski definition) is 6. The molecule has 0 aliphatic rings. The van der Waals surface area contributed by atoms with E-state index in [4.69, 9.17) is 4.74 Å². The number of para-hydroxylation sites is 1. The summed E-state index contributed by atoms with van der Waals surface area (Å²) >= 11 is 4.53. The Labute approximate surface area is 160 Å². The van der Waals surface area contributed by atoms with Crippen LogP contribution in [0.5, 0.6) is 0 Å². The third-order valence-electron chi connectivity index (χ3n) is 3.52. The second-order valence-electron chi connectivity index (χ2n) is 5.26. The Morgan fingerprint density at radius 1 is 1.35 bits per heavy atom.